The summed E-state index contributed by atoms with van der Waals surface area (Å²) in [5.74, 6) is 1.74. The van der Waals surface area contributed by atoms with Gasteiger partial charge in [0.25, 0.3) is 0 Å². The lowest BCUT2D eigenvalue weighted by atomic mass is 10.1. The van der Waals surface area contributed by atoms with Gasteiger partial charge in [-0.2, -0.15) is 0 Å². The Morgan fingerprint density at radius 2 is 1.85 bits per heavy atom. The summed E-state index contributed by atoms with van der Waals surface area (Å²) in [6.45, 7) is 2.55. The van der Waals surface area contributed by atoms with Gasteiger partial charge in [-0.05, 0) is 36.8 Å². The van der Waals surface area contributed by atoms with E-state index in [9.17, 15) is 4.79 Å². The molecule has 2 aromatic carbocycles. The van der Waals surface area contributed by atoms with Crippen LogP contribution in [0, 0.1) is 6.92 Å². The highest BCUT2D eigenvalue weighted by molar-refractivity contribution is 5.78. The Hall–Kier alpha value is -3.08. The predicted octanol–water partition coefficient (Wildman–Crippen LogP) is 3.09. The number of aryl methyl sites for hydroxylation is 1. The number of amides is 1. The smallest absolute Gasteiger partial charge is 0.224 e. The van der Waals surface area contributed by atoms with Crippen molar-refractivity contribution in [3.05, 3.63) is 77.9 Å². The van der Waals surface area contributed by atoms with E-state index in [2.05, 4.69) is 27.0 Å². The average molecular weight is 349 g/mol. The van der Waals surface area contributed by atoms with Gasteiger partial charge < -0.3 is 14.6 Å². The van der Waals surface area contributed by atoms with Crippen LogP contribution >= 0.6 is 0 Å². The summed E-state index contributed by atoms with van der Waals surface area (Å²) in [5.41, 5.74) is 3.02. The first-order valence-corrected chi connectivity index (χ1v) is 8.65. The number of carbonyl (C=O) groups excluding carboxylic acids is 1. The molecule has 0 spiro atoms. The molecule has 5 heteroatoms. The second kappa shape index (κ2) is 8.34. The Morgan fingerprint density at radius 3 is 2.54 bits per heavy atom. The van der Waals surface area contributed by atoms with Gasteiger partial charge in [0.2, 0.25) is 5.91 Å². The lowest BCUT2D eigenvalue weighted by Gasteiger charge is -2.05. The lowest BCUT2D eigenvalue weighted by Crippen LogP contribution is -2.27. The first-order valence-electron chi connectivity index (χ1n) is 8.65. The van der Waals surface area contributed by atoms with E-state index < -0.39 is 0 Å². The van der Waals surface area contributed by atoms with Gasteiger partial charge in [-0.15, -0.1) is 0 Å². The average Bonchev–Trinajstić information content (AvgIpc) is 3.03. The summed E-state index contributed by atoms with van der Waals surface area (Å²) in [5, 5.41) is 2.96. The van der Waals surface area contributed by atoms with Gasteiger partial charge in [-0.25, -0.2) is 4.98 Å². The number of benzene rings is 2. The maximum atomic E-state index is 12.1. The predicted molar refractivity (Wildman–Crippen MR) is 102 cm³/mol. The first kappa shape index (κ1) is 17.7. The van der Waals surface area contributed by atoms with Crippen molar-refractivity contribution in [2.24, 2.45) is 0 Å². The fraction of sp³-hybridized carbons (Fsp3) is 0.238. The zero-order valence-corrected chi connectivity index (χ0v) is 15.1. The van der Waals surface area contributed by atoms with Crippen LogP contribution in [0.2, 0.25) is 0 Å². The Bertz CT molecular complexity index is 855. The number of methoxy groups -OCH3 is 1. The van der Waals surface area contributed by atoms with Gasteiger partial charge in [0.05, 0.1) is 19.2 Å². The lowest BCUT2D eigenvalue weighted by molar-refractivity contribution is -0.120. The summed E-state index contributed by atoms with van der Waals surface area (Å²) in [7, 11) is 1.63. The van der Waals surface area contributed by atoms with E-state index in [1.54, 1.807) is 7.11 Å². The number of imidazole rings is 1. The summed E-state index contributed by atoms with van der Waals surface area (Å²) >= 11 is 0. The largest absolute Gasteiger partial charge is 0.497 e. The molecule has 0 aliphatic heterocycles. The summed E-state index contributed by atoms with van der Waals surface area (Å²) in [6, 6.07) is 17.6. The Morgan fingerprint density at radius 1 is 1.12 bits per heavy atom. The Kier molecular flexibility index (Phi) is 5.69. The van der Waals surface area contributed by atoms with Crippen molar-refractivity contribution in [1.29, 1.82) is 0 Å². The molecule has 0 aliphatic rings. The molecular formula is C21H23N3O2. The van der Waals surface area contributed by atoms with Crippen molar-refractivity contribution in [2.45, 2.75) is 19.8 Å². The van der Waals surface area contributed by atoms with Crippen LogP contribution in [0.5, 0.6) is 5.75 Å². The van der Waals surface area contributed by atoms with Gasteiger partial charge in [-0.1, -0.05) is 30.3 Å². The third-order valence-electron chi connectivity index (χ3n) is 4.19. The molecule has 0 saturated carbocycles. The van der Waals surface area contributed by atoms with E-state index in [1.807, 2.05) is 55.6 Å². The minimum absolute atomic E-state index is 0.00869. The third-order valence-corrected chi connectivity index (χ3v) is 4.19. The van der Waals surface area contributed by atoms with E-state index >= 15 is 0 Å². The number of rotatable bonds is 7. The standard InChI is InChI=1S/C21H23N3O2/c1-16-23-18(15-24(16)19-6-4-3-5-7-19)12-13-22-21(25)14-17-8-10-20(26-2)11-9-17/h3-11,15H,12-14H2,1-2H3,(H,22,25). The van der Waals surface area contributed by atoms with Crippen LogP contribution in [0.25, 0.3) is 5.69 Å². The fourth-order valence-electron chi connectivity index (χ4n) is 2.82. The number of aromatic nitrogens is 2. The fourth-order valence-corrected chi connectivity index (χ4v) is 2.82. The Labute approximate surface area is 153 Å². The molecule has 3 rings (SSSR count). The number of nitrogens with one attached hydrogen (secondary N) is 1. The number of carbonyl (C=O) groups is 1. The van der Waals surface area contributed by atoms with Gasteiger partial charge >= 0.3 is 0 Å². The van der Waals surface area contributed by atoms with E-state index in [-0.39, 0.29) is 5.91 Å². The molecule has 0 radical (unpaired) electrons. The molecule has 26 heavy (non-hydrogen) atoms. The molecule has 1 heterocycles. The zero-order chi connectivity index (χ0) is 18.4. The van der Waals surface area contributed by atoms with E-state index in [0.29, 0.717) is 19.4 Å². The molecule has 1 aromatic heterocycles. The summed E-state index contributed by atoms with van der Waals surface area (Å²) in [6.07, 6.45) is 3.09. The second-order valence-electron chi connectivity index (χ2n) is 6.11. The second-order valence-corrected chi connectivity index (χ2v) is 6.11. The van der Waals surface area contributed by atoms with Gasteiger partial charge in [0, 0.05) is 24.8 Å². The summed E-state index contributed by atoms with van der Waals surface area (Å²) in [4.78, 5) is 16.7. The molecule has 0 saturated heterocycles. The number of para-hydroxylation sites is 1. The molecule has 0 bridgehead atoms. The van der Waals surface area contributed by atoms with Crippen molar-refractivity contribution in [2.75, 3.05) is 13.7 Å². The van der Waals surface area contributed by atoms with Crippen molar-refractivity contribution < 1.29 is 9.53 Å². The van der Waals surface area contributed by atoms with Crippen molar-refractivity contribution in [3.63, 3.8) is 0 Å². The highest BCUT2D eigenvalue weighted by Crippen LogP contribution is 2.13. The van der Waals surface area contributed by atoms with Crippen LogP contribution in [0.1, 0.15) is 17.1 Å². The maximum absolute atomic E-state index is 12.1. The van der Waals surface area contributed by atoms with Gasteiger partial charge in [0.15, 0.2) is 0 Å². The van der Waals surface area contributed by atoms with E-state index in [1.165, 1.54) is 0 Å². The van der Waals surface area contributed by atoms with Gasteiger partial charge in [0.1, 0.15) is 11.6 Å². The van der Waals surface area contributed by atoms with Crippen LogP contribution < -0.4 is 10.1 Å². The number of hydrogen-bond acceptors (Lipinski definition) is 3. The molecular weight excluding hydrogens is 326 g/mol. The van der Waals surface area contributed by atoms with E-state index in [0.717, 1.165) is 28.5 Å². The minimum atomic E-state index is 0.00869. The van der Waals surface area contributed by atoms with Crippen molar-refractivity contribution in [3.8, 4) is 11.4 Å². The monoisotopic (exact) mass is 349 g/mol. The number of hydrogen-bond donors (Lipinski definition) is 1. The quantitative estimate of drug-likeness (QED) is 0.713. The van der Waals surface area contributed by atoms with Crippen LogP contribution in [0.15, 0.2) is 60.8 Å². The molecule has 3 aromatic rings. The maximum Gasteiger partial charge on any atom is 0.224 e. The molecule has 0 fully saturated rings. The number of nitrogens with zero attached hydrogens (tertiary/aromatic N) is 2. The molecule has 1 N–H and O–H groups in total. The molecule has 5 nitrogen and oxygen atoms in total. The molecule has 0 aliphatic carbocycles. The highest BCUT2D eigenvalue weighted by Gasteiger charge is 2.07. The minimum Gasteiger partial charge on any atom is -0.497 e. The van der Waals surface area contributed by atoms with Crippen molar-refractivity contribution >= 4 is 5.91 Å². The van der Waals surface area contributed by atoms with Crippen LogP contribution in [-0.4, -0.2) is 29.1 Å². The molecule has 134 valence electrons. The van der Waals surface area contributed by atoms with Crippen LogP contribution in [-0.2, 0) is 17.6 Å². The third kappa shape index (κ3) is 4.51. The SMILES string of the molecule is COc1ccc(CC(=O)NCCc2cn(-c3ccccc3)c(C)n2)cc1. The molecule has 0 unspecified atom stereocenters. The van der Waals surface area contributed by atoms with Crippen LogP contribution in [0.3, 0.4) is 0 Å². The molecule has 1 amide bonds. The van der Waals surface area contributed by atoms with Crippen LogP contribution in [0.4, 0.5) is 0 Å². The summed E-state index contributed by atoms with van der Waals surface area (Å²) < 4.78 is 7.19. The topological polar surface area (TPSA) is 56.1 Å². The van der Waals surface area contributed by atoms with Gasteiger partial charge in [-0.3, -0.25) is 4.79 Å². The number of ether oxygens (including phenoxy) is 1. The highest BCUT2D eigenvalue weighted by atomic mass is 16.5. The van der Waals surface area contributed by atoms with Crippen molar-refractivity contribution in [1.82, 2.24) is 14.9 Å². The normalized spacial score (nSPS) is 10.5. The Balaban J connectivity index is 1.51. The molecule has 0 atom stereocenters. The van der Waals surface area contributed by atoms with E-state index in [4.69, 9.17) is 4.74 Å². The first-order chi connectivity index (χ1) is 12.7. The zero-order valence-electron chi connectivity index (χ0n) is 15.1.